The van der Waals surface area contributed by atoms with E-state index in [-0.39, 0.29) is 11.1 Å². The molecule has 1 aromatic heterocycles. The van der Waals surface area contributed by atoms with Crippen LogP contribution >= 0.6 is 38.9 Å². The van der Waals surface area contributed by atoms with Gasteiger partial charge in [-0.25, -0.2) is 9.79 Å². The first-order chi connectivity index (χ1) is 18.8. The number of benzene rings is 2. The number of carbonyl (C=O) groups excluding carboxylic acids is 1. The SMILES string of the molecule is C=CCOc1c(Cl)cc(/C=c2\sc3n(c2=O)[C@H](c2ccc(OCC)c(OCC)c2)C(C(=O)OC)=CN=3)cc1Br. The summed E-state index contributed by atoms with van der Waals surface area (Å²) < 4.78 is 24.7. The van der Waals surface area contributed by atoms with Gasteiger partial charge in [0.1, 0.15) is 6.61 Å². The Balaban J connectivity index is 1.86. The lowest BCUT2D eigenvalue weighted by Gasteiger charge is -2.23. The van der Waals surface area contributed by atoms with Crippen molar-refractivity contribution in [1.82, 2.24) is 4.57 Å². The molecule has 2 aromatic carbocycles. The summed E-state index contributed by atoms with van der Waals surface area (Å²) in [7, 11) is 1.29. The summed E-state index contributed by atoms with van der Waals surface area (Å²) in [6.07, 6.45) is 4.79. The highest BCUT2D eigenvalue weighted by molar-refractivity contribution is 9.10. The maximum Gasteiger partial charge on any atom is 0.337 e. The zero-order chi connectivity index (χ0) is 28.1. The average molecular weight is 634 g/mol. The summed E-state index contributed by atoms with van der Waals surface area (Å²) in [5.74, 6) is 0.981. The van der Waals surface area contributed by atoms with Crippen LogP contribution in [0.4, 0.5) is 0 Å². The number of carbonyl (C=O) groups is 1. The largest absolute Gasteiger partial charge is 0.490 e. The van der Waals surface area contributed by atoms with E-state index in [9.17, 15) is 9.59 Å². The Hall–Kier alpha value is -3.34. The van der Waals surface area contributed by atoms with Gasteiger partial charge >= 0.3 is 5.97 Å². The zero-order valence-electron chi connectivity index (χ0n) is 21.5. The number of hydrogen-bond donors (Lipinski definition) is 0. The molecule has 0 radical (unpaired) electrons. The molecule has 0 fully saturated rings. The highest BCUT2D eigenvalue weighted by Crippen LogP contribution is 2.36. The first-order valence-corrected chi connectivity index (χ1v) is 14.0. The monoisotopic (exact) mass is 632 g/mol. The van der Waals surface area contributed by atoms with Crippen molar-refractivity contribution < 1.29 is 23.7 Å². The minimum absolute atomic E-state index is 0.220. The van der Waals surface area contributed by atoms with Gasteiger partial charge in [0.05, 0.1) is 46.0 Å². The summed E-state index contributed by atoms with van der Waals surface area (Å²) in [6, 6.07) is 8.08. The minimum Gasteiger partial charge on any atom is -0.490 e. The molecule has 0 aliphatic carbocycles. The molecule has 3 aromatic rings. The van der Waals surface area contributed by atoms with E-state index < -0.39 is 12.0 Å². The number of thiazole rings is 1. The molecule has 1 aliphatic rings. The van der Waals surface area contributed by atoms with Gasteiger partial charge in [0, 0.05) is 6.20 Å². The summed E-state index contributed by atoms with van der Waals surface area (Å²) >= 11 is 11.1. The molecule has 11 heteroatoms. The van der Waals surface area contributed by atoms with E-state index in [0.717, 1.165) is 0 Å². The number of fused-ring (bicyclic) bond motifs is 1. The highest BCUT2D eigenvalue weighted by Gasteiger charge is 2.31. The van der Waals surface area contributed by atoms with Gasteiger partial charge in [-0.3, -0.25) is 9.36 Å². The molecule has 0 saturated heterocycles. The fourth-order valence-electron chi connectivity index (χ4n) is 4.08. The van der Waals surface area contributed by atoms with Crippen molar-refractivity contribution in [2.75, 3.05) is 26.9 Å². The summed E-state index contributed by atoms with van der Waals surface area (Å²) in [4.78, 5) is 31.4. The van der Waals surface area contributed by atoms with Crippen molar-refractivity contribution in [2.45, 2.75) is 19.9 Å². The van der Waals surface area contributed by atoms with Gasteiger partial charge in [-0.1, -0.05) is 41.7 Å². The lowest BCUT2D eigenvalue weighted by atomic mass is 9.97. The number of rotatable bonds is 10. The lowest BCUT2D eigenvalue weighted by molar-refractivity contribution is -0.136. The second-order valence-electron chi connectivity index (χ2n) is 8.16. The first-order valence-electron chi connectivity index (χ1n) is 12.0. The van der Waals surface area contributed by atoms with Gasteiger partial charge in [0.2, 0.25) is 0 Å². The van der Waals surface area contributed by atoms with E-state index >= 15 is 0 Å². The number of nitrogens with zero attached hydrogens (tertiary/aromatic N) is 2. The van der Waals surface area contributed by atoms with Crippen LogP contribution in [-0.2, 0) is 9.53 Å². The molecule has 0 spiro atoms. The van der Waals surface area contributed by atoms with E-state index in [4.69, 9.17) is 30.5 Å². The number of aromatic nitrogens is 1. The van der Waals surface area contributed by atoms with E-state index in [2.05, 4.69) is 27.5 Å². The van der Waals surface area contributed by atoms with Crippen LogP contribution in [0.25, 0.3) is 6.08 Å². The topological polar surface area (TPSA) is 88.3 Å². The normalized spacial score (nSPS) is 14.6. The van der Waals surface area contributed by atoms with E-state index in [1.807, 2.05) is 13.8 Å². The van der Waals surface area contributed by atoms with Crippen molar-refractivity contribution in [1.29, 1.82) is 0 Å². The third-order valence-corrected chi connectivity index (χ3v) is 7.54. The molecule has 1 aliphatic heterocycles. The van der Waals surface area contributed by atoms with Crippen LogP contribution in [0.1, 0.15) is 31.0 Å². The molecule has 8 nitrogen and oxygen atoms in total. The molecule has 4 rings (SSSR count). The molecule has 0 amide bonds. The van der Waals surface area contributed by atoms with Crippen molar-refractivity contribution in [3.05, 3.63) is 95.1 Å². The van der Waals surface area contributed by atoms with Crippen molar-refractivity contribution in [3.8, 4) is 17.2 Å². The van der Waals surface area contributed by atoms with Crippen LogP contribution < -0.4 is 29.1 Å². The second kappa shape index (κ2) is 12.7. The van der Waals surface area contributed by atoms with E-state index in [1.54, 1.807) is 42.5 Å². The number of halogens is 2. The third kappa shape index (κ3) is 5.98. The quantitative estimate of drug-likeness (QED) is 0.236. The maximum absolute atomic E-state index is 13.8. The van der Waals surface area contributed by atoms with Crippen LogP contribution in [0.2, 0.25) is 5.02 Å². The Morgan fingerprint density at radius 2 is 1.92 bits per heavy atom. The Kier molecular flexibility index (Phi) is 9.32. The molecule has 204 valence electrons. The number of ether oxygens (including phenoxy) is 4. The van der Waals surface area contributed by atoms with Gasteiger partial charge in [-0.05, 0) is 71.2 Å². The molecule has 1 atom stereocenters. The fourth-order valence-corrected chi connectivity index (χ4v) is 6.04. The van der Waals surface area contributed by atoms with Gasteiger partial charge in [-0.15, -0.1) is 0 Å². The summed E-state index contributed by atoms with van der Waals surface area (Å²) in [5.41, 5.74) is 1.24. The zero-order valence-corrected chi connectivity index (χ0v) is 24.7. The Bertz CT molecular complexity index is 1600. The summed E-state index contributed by atoms with van der Waals surface area (Å²) in [5, 5.41) is 0.383. The predicted molar refractivity (Wildman–Crippen MR) is 155 cm³/mol. The smallest absolute Gasteiger partial charge is 0.337 e. The van der Waals surface area contributed by atoms with Gasteiger partial charge in [-0.2, -0.15) is 0 Å². The molecular weight excluding hydrogens is 608 g/mol. The standard InChI is InChI=1S/C28H26BrClN2O6S/c1-5-10-38-25-19(29)11-16(12-20(25)30)13-23-26(33)32-24(18(27(34)35-4)15-31-28(32)39-23)17-8-9-21(36-6-2)22(14-17)37-7-3/h5,8-9,11-15,24H,1,6-7,10H2,2-4H3/b23-13-/t24-/m1/s1. The molecule has 39 heavy (non-hydrogen) atoms. The maximum atomic E-state index is 13.8. The van der Waals surface area contributed by atoms with E-state index in [0.29, 0.717) is 67.0 Å². The van der Waals surface area contributed by atoms with Crippen LogP contribution in [-0.4, -0.2) is 37.5 Å². The van der Waals surface area contributed by atoms with Gasteiger partial charge in [0.25, 0.3) is 5.56 Å². The molecule has 2 heterocycles. The molecule has 0 unspecified atom stereocenters. The van der Waals surface area contributed by atoms with Crippen molar-refractivity contribution in [2.24, 2.45) is 4.99 Å². The third-order valence-electron chi connectivity index (χ3n) is 5.67. The average Bonchev–Trinajstić information content (AvgIpc) is 3.23. The number of methoxy groups -OCH3 is 1. The number of hydrogen-bond acceptors (Lipinski definition) is 8. The van der Waals surface area contributed by atoms with Gasteiger partial charge < -0.3 is 18.9 Å². The Morgan fingerprint density at radius 1 is 1.18 bits per heavy atom. The highest BCUT2D eigenvalue weighted by atomic mass is 79.9. The minimum atomic E-state index is -0.782. The predicted octanol–water partition coefficient (Wildman–Crippen LogP) is 4.80. The fraction of sp³-hybridized carbons (Fsp3) is 0.250. The lowest BCUT2D eigenvalue weighted by Crippen LogP contribution is -2.39. The molecule has 0 saturated carbocycles. The van der Waals surface area contributed by atoms with Crippen LogP contribution in [0.3, 0.4) is 0 Å². The second-order valence-corrected chi connectivity index (χ2v) is 10.4. The summed E-state index contributed by atoms with van der Waals surface area (Å²) in [6.45, 7) is 8.58. The molecule has 0 bridgehead atoms. The first kappa shape index (κ1) is 28.7. The Labute approximate surface area is 242 Å². The number of esters is 1. The van der Waals surface area contributed by atoms with Gasteiger partial charge in [0.15, 0.2) is 22.0 Å². The van der Waals surface area contributed by atoms with E-state index in [1.165, 1.54) is 29.2 Å². The van der Waals surface area contributed by atoms with Crippen LogP contribution in [0, 0.1) is 0 Å². The van der Waals surface area contributed by atoms with Crippen LogP contribution in [0.15, 0.2) is 69.0 Å². The molecule has 0 N–H and O–H groups in total. The van der Waals surface area contributed by atoms with Crippen molar-refractivity contribution >= 4 is 50.9 Å². The Morgan fingerprint density at radius 3 is 2.59 bits per heavy atom. The molecular formula is C28H26BrClN2O6S. The van der Waals surface area contributed by atoms with Crippen LogP contribution in [0.5, 0.6) is 17.2 Å². The van der Waals surface area contributed by atoms with Crippen molar-refractivity contribution in [3.63, 3.8) is 0 Å².